The molecule has 1 amide bonds. The highest BCUT2D eigenvalue weighted by atomic mass is 19.1. The van der Waals surface area contributed by atoms with Crippen LogP contribution in [-0.2, 0) is 17.9 Å². The first-order chi connectivity index (χ1) is 20.5. The molecule has 0 radical (unpaired) electrons. The average Bonchev–Trinajstić information content (AvgIpc) is 3.49. The van der Waals surface area contributed by atoms with Gasteiger partial charge >= 0.3 is 0 Å². The van der Waals surface area contributed by atoms with Crippen LogP contribution in [0.15, 0.2) is 54.5 Å². The van der Waals surface area contributed by atoms with E-state index in [2.05, 4.69) is 58.2 Å². The summed E-state index contributed by atoms with van der Waals surface area (Å²) in [4.78, 5) is 18.7. The zero-order chi connectivity index (χ0) is 31.7. The monoisotopic (exact) mass is 589 g/mol. The van der Waals surface area contributed by atoms with Gasteiger partial charge in [-0.1, -0.05) is 38.8 Å². The lowest BCUT2D eigenvalue weighted by Crippen LogP contribution is -2.33. The predicted molar refractivity (Wildman–Crippen MR) is 175 cm³/mol. The number of unbranched alkanes of at least 4 members (excludes halogenated alkanes) is 1. The fourth-order valence-electron chi connectivity index (χ4n) is 5.10. The summed E-state index contributed by atoms with van der Waals surface area (Å²) in [6, 6.07) is 11.2. The van der Waals surface area contributed by atoms with Crippen LogP contribution < -0.4 is 27.2 Å². The van der Waals surface area contributed by atoms with E-state index in [4.69, 9.17) is 5.73 Å². The Morgan fingerprint density at radius 3 is 2.47 bits per heavy atom. The lowest BCUT2D eigenvalue weighted by atomic mass is 9.91. The van der Waals surface area contributed by atoms with Gasteiger partial charge in [0.15, 0.2) is 0 Å². The molecule has 0 spiro atoms. The van der Waals surface area contributed by atoms with Gasteiger partial charge in [-0.2, -0.15) is 0 Å². The first-order valence-corrected chi connectivity index (χ1v) is 15.0. The summed E-state index contributed by atoms with van der Waals surface area (Å²) in [5.41, 5.74) is 21.1. The molecule has 2 heterocycles. The Morgan fingerprint density at radius 1 is 1.14 bits per heavy atom. The molecular weight excluding hydrogens is 541 g/mol. The van der Waals surface area contributed by atoms with Crippen LogP contribution >= 0.6 is 0 Å². The Kier molecular flexibility index (Phi) is 11.9. The first kappa shape index (κ1) is 33.4. The zero-order valence-corrected chi connectivity index (χ0v) is 26.9. The SMILES string of the molecule is CCCC.CN/C(=C(\c1c(C)ccc2c1CNN2)N(C)C(C)c1cc(F)c(C)cc1NCc1cccnc1)C(C)C(N)=O. The summed E-state index contributed by atoms with van der Waals surface area (Å²) < 4.78 is 15.0. The lowest BCUT2D eigenvalue weighted by molar-refractivity contribution is -0.120. The number of nitrogens with two attached hydrogens (primary N) is 1. The number of carbonyl (C=O) groups is 1. The van der Waals surface area contributed by atoms with Crippen molar-refractivity contribution < 1.29 is 9.18 Å². The molecule has 232 valence electrons. The van der Waals surface area contributed by atoms with Crippen LogP contribution in [0, 0.1) is 25.6 Å². The Morgan fingerprint density at radius 2 is 1.86 bits per heavy atom. The summed E-state index contributed by atoms with van der Waals surface area (Å²) in [6.07, 6.45) is 6.19. The number of amides is 1. The van der Waals surface area contributed by atoms with Crippen molar-refractivity contribution in [2.45, 2.75) is 73.5 Å². The quantitative estimate of drug-likeness (QED) is 0.176. The highest BCUT2D eigenvalue weighted by Crippen LogP contribution is 2.40. The molecule has 0 saturated heterocycles. The first-order valence-electron chi connectivity index (χ1n) is 15.0. The van der Waals surface area contributed by atoms with Crippen LogP contribution in [0.25, 0.3) is 5.70 Å². The topological polar surface area (TPSA) is 107 Å². The minimum atomic E-state index is -0.574. The van der Waals surface area contributed by atoms with E-state index in [1.165, 1.54) is 12.8 Å². The highest BCUT2D eigenvalue weighted by molar-refractivity contribution is 5.85. The number of aryl methyl sites for hydroxylation is 2. The normalized spacial score (nSPS) is 13.9. The zero-order valence-electron chi connectivity index (χ0n) is 26.9. The van der Waals surface area contributed by atoms with Crippen LogP contribution in [0.2, 0.25) is 0 Å². The van der Waals surface area contributed by atoms with Crippen LogP contribution in [0.1, 0.15) is 80.0 Å². The number of nitrogens with one attached hydrogen (secondary N) is 4. The van der Waals surface area contributed by atoms with Gasteiger partial charge < -0.3 is 26.7 Å². The van der Waals surface area contributed by atoms with E-state index >= 15 is 4.39 Å². The summed E-state index contributed by atoms with van der Waals surface area (Å²) >= 11 is 0. The van der Waals surface area contributed by atoms with Gasteiger partial charge in [-0.05, 0) is 68.7 Å². The fraction of sp³-hybridized carbons (Fsp3) is 0.412. The molecule has 2 unspecified atom stereocenters. The summed E-state index contributed by atoms with van der Waals surface area (Å²) in [7, 11) is 3.77. The molecule has 2 aromatic carbocycles. The molecule has 0 saturated carbocycles. The number of rotatable bonds is 11. The largest absolute Gasteiger partial charge is 0.389 e. The molecule has 8 nitrogen and oxygen atoms in total. The number of carbonyl (C=O) groups excluding carboxylic acids is 1. The van der Waals surface area contributed by atoms with E-state index in [0.29, 0.717) is 24.4 Å². The molecule has 6 N–H and O–H groups in total. The van der Waals surface area contributed by atoms with Crippen LogP contribution in [-0.4, -0.2) is 29.9 Å². The summed E-state index contributed by atoms with van der Waals surface area (Å²) in [6.45, 7) is 13.2. The second-order valence-corrected chi connectivity index (χ2v) is 11.1. The number of anilines is 2. The van der Waals surface area contributed by atoms with Gasteiger partial charge in [0.1, 0.15) is 5.82 Å². The molecule has 9 heteroatoms. The third-order valence-electron chi connectivity index (χ3n) is 8.05. The smallest absolute Gasteiger partial charge is 0.226 e. The summed E-state index contributed by atoms with van der Waals surface area (Å²) in [5.74, 6) is -1.28. The van der Waals surface area contributed by atoms with Gasteiger partial charge in [0.2, 0.25) is 5.91 Å². The fourth-order valence-corrected chi connectivity index (χ4v) is 5.10. The second-order valence-electron chi connectivity index (χ2n) is 11.1. The Bertz CT molecular complexity index is 1420. The molecule has 0 aliphatic carbocycles. The van der Waals surface area contributed by atoms with Crippen molar-refractivity contribution in [3.05, 3.63) is 93.7 Å². The third-order valence-corrected chi connectivity index (χ3v) is 8.05. The number of pyridine rings is 1. The maximum atomic E-state index is 15.0. The number of fused-ring (bicyclic) bond motifs is 1. The number of hydrogen-bond donors (Lipinski definition) is 5. The molecule has 43 heavy (non-hydrogen) atoms. The van der Waals surface area contributed by atoms with E-state index in [1.807, 2.05) is 44.4 Å². The molecule has 3 aromatic rings. The number of nitrogens with zero attached hydrogens (tertiary/aromatic N) is 2. The Labute approximate surface area is 256 Å². The van der Waals surface area contributed by atoms with Crippen molar-refractivity contribution in [1.29, 1.82) is 0 Å². The van der Waals surface area contributed by atoms with Gasteiger partial charge in [-0.3, -0.25) is 9.78 Å². The number of halogens is 1. The maximum absolute atomic E-state index is 15.0. The summed E-state index contributed by atoms with van der Waals surface area (Å²) in [5, 5.41) is 6.76. The minimum absolute atomic E-state index is 0.271. The van der Waals surface area contributed by atoms with Crippen molar-refractivity contribution in [3.8, 4) is 0 Å². The van der Waals surface area contributed by atoms with Crippen molar-refractivity contribution in [2.75, 3.05) is 24.8 Å². The molecule has 1 aliphatic heterocycles. The van der Waals surface area contributed by atoms with E-state index in [-0.39, 0.29) is 11.9 Å². The van der Waals surface area contributed by atoms with Gasteiger partial charge in [0.05, 0.1) is 23.3 Å². The number of benzene rings is 2. The molecular formula is C34H48FN7O. The van der Waals surface area contributed by atoms with E-state index in [9.17, 15) is 4.79 Å². The number of hydrazine groups is 1. The van der Waals surface area contributed by atoms with Gasteiger partial charge in [0, 0.05) is 67.7 Å². The maximum Gasteiger partial charge on any atom is 0.226 e. The highest BCUT2D eigenvalue weighted by Gasteiger charge is 2.30. The van der Waals surface area contributed by atoms with Crippen LogP contribution in [0.4, 0.5) is 15.8 Å². The van der Waals surface area contributed by atoms with E-state index < -0.39 is 11.8 Å². The standard InChI is InChI=1S/C30H38FN7O.C4H10/c1-17-9-10-25-23(16-36-37-25)27(17)29(28(33-5)19(3)30(32)39)38(6)20(4)22-13-24(31)18(2)12-26(22)35-15-21-8-7-11-34-14-21;1-3-4-2/h7-14,19-20,33,35-37H,15-16H2,1-6H3,(H2,32,39);3-4H2,1-2H3/b29-28+;. The van der Waals surface area contributed by atoms with Crippen molar-refractivity contribution in [3.63, 3.8) is 0 Å². The Hall–Kier alpha value is -4.11. The number of primary amides is 1. The molecule has 0 bridgehead atoms. The van der Waals surface area contributed by atoms with Crippen LogP contribution in [0.5, 0.6) is 0 Å². The molecule has 2 atom stereocenters. The number of hydrogen-bond acceptors (Lipinski definition) is 7. The molecule has 4 rings (SSSR count). The lowest BCUT2D eigenvalue weighted by Gasteiger charge is -2.35. The second kappa shape index (κ2) is 15.4. The Balaban J connectivity index is 0.00000119. The predicted octanol–water partition coefficient (Wildman–Crippen LogP) is 6.39. The van der Waals surface area contributed by atoms with Crippen molar-refractivity contribution in [2.24, 2.45) is 11.7 Å². The minimum Gasteiger partial charge on any atom is -0.389 e. The van der Waals surface area contributed by atoms with Crippen molar-refractivity contribution in [1.82, 2.24) is 20.6 Å². The third kappa shape index (κ3) is 7.84. The molecule has 1 aromatic heterocycles. The number of aromatic nitrogens is 1. The van der Waals surface area contributed by atoms with Gasteiger partial charge in [-0.15, -0.1) is 0 Å². The van der Waals surface area contributed by atoms with E-state index in [0.717, 1.165) is 44.9 Å². The van der Waals surface area contributed by atoms with Crippen molar-refractivity contribution >= 4 is 23.0 Å². The molecule has 0 fully saturated rings. The average molecular weight is 590 g/mol. The van der Waals surface area contributed by atoms with Crippen LogP contribution in [0.3, 0.4) is 0 Å². The molecule has 1 aliphatic rings. The van der Waals surface area contributed by atoms with E-state index in [1.54, 1.807) is 33.2 Å². The van der Waals surface area contributed by atoms with Gasteiger partial charge in [0.25, 0.3) is 0 Å². The van der Waals surface area contributed by atoms with Gasteiger partial charge in [-0.25, -0.2) is 9.82 Å².